The average molecular weight is 580 g/mol. The molecule has 0 bridgehead atoms. The highest BCUT2D eigenvalue weighted by atomic mass is 32.2. The SMILES string of the molecule is NC(=O)C[C@H](NSc1ccccc1[N+](=O)[O-])C(=O)N[C@@H](Cc1ccccc1)C(=O)N[C@@H](Cc1ccccc1)C(=O)O. The van der Waals surface area contributed by atoms with E-state index in [4.69, 9.17) is 5.73 Å². The van der Waals surface area contributed by atoms with Crippen LogP contribution in [0, 0.1) is 10.1 Å². The Hall–Kier alpha value is -4.75. The van der Waals surface area contributed by atoms with Gasteiger partial charge < -0.3 is 21.5 Å². The maximum Gasteiger partial charge on any atom is 0.326 e. The lowest BCUT2D eigenvalue weighted by molar-refractivity contribution is -0.387. The molecule has 0 saturated heterocycles. The molecule has 3 amide bonds. The van der Waals surface area contributed by atoms with Crippen molar-refractivity contribution in [3.05, 3.63) is 106 Å². The summed E-state index contributed by atoms with van der Waals surface area (Å²) in [5.41, 5.74) is 6.53. The van der Waals surface area contributed by atoms with Gasteiger partial charge in [-0.2, -0.15) is 0 Å². The first kappa shape index (κ1) is 30.8. The van der Waals surface area contributed by atoms with Gasteiger partial charge in [-0.15, -0.1) is 0 Å². The standard InChI is InChI=1S/C28H29N5O7S/c29-25(34)17-21(32-41-24-14-8-7-13-23(24)33(39)40)27(36)30-20(15-18-9-3-1-4-10-18)26(35)31-22(28(37)38)16-19-11-5-2-6-12-19/h1-14,20-22,32H,15-17H2,(H2,29,34)(H,30,36)(H,31,35)(H,37,38)/t20-,21-,22-/m0/s1. The maximum absolute atomic E-state index is 13.4. The number of carboxylic acid groups (broad SMARTS) is 1. The van der Waals surface area contributed by atoms with E-state index in [2.05, 4.69) is 15.4 Å². The van der Waals surface area contributed by atoms with E-state index in [-0.39, 0.29) is 23.4 Å². The molecule has 3 rings (SSSR count). The fourth-order valence-corrected chi connectivity index (χ4v) is 4.72. The lowest BCUT2D eigenvalue weighted by Crippen LogP contribution is -2.56. The molecule has 3 aromatic rings. The molecule has 12 nitrogen and oxygen atoms in total. The molecule has 13 heteroatoms. The van der Waals surface area contributed by atoms with Crippen LogP contribution in [0.1, 0.15) is 17.5 Å². The van der Waals surface area contributed by atoms with Crippen molar-refractivity contribution in [1.82, 2.24) is 15.4 Å². The Labute approximate surface area is 240 Å². The molecule has 0 heterocycles. The number of rotatable bonds is 15. The molecule has 0 aliphatic heterocycles. The number of benzene rings is 3. The molecule has 214 valence electrons. The summed E-state index contributed by atoms with van der Waals surface area (Å²) in [4.78, 5) is 61.3. The monoisotopic (exact) mass is 579 g/mol. The quantitative estimate of drug-likeness (QED) is 0.102. The topological polar surface area (TPSA) is 194 Å². The van der Waals surface area contributed by atoms with Gasteiger partial charge >= 0.3 is 5.97 Å². The Morgan fingerprint density at radius 3 is 1.80 bits per heavy atom. The molecule has 0 radical (unpaired) electrons. The number of para-hydroxylation sites is 1. The second-order valence-electron chi connectivity index (χ2n) is 9.01. The summed E-state index contributed by atoms with van der Waals surface area (Å²) >= 11 is 0.771. The van der Waals surface area contributed by atoms with Crippen molar-refractivity contribution in [2.24, 2.45) is 5.73 Å². The Morgan fingerprint density at radius 1 is 0.780 bits per heavy atom. The number of aliphatic carboxylic acids is 1. The van der Waals surface area contributed by atoms with E-state index in [0.29, 0.717) is 11.1 Å². The third-order valence-corrected chi connectivity index (χ3v) is 6.88. The molecule has 0 unspecified atom stereocenters. The van der Waals surface area contributed by atoms with Gasteiger partial charge in [-0.1, -0.05) is 72.8 Å². The number of amides is 3. The smallest absolute Gasteiger partial charge is 0.326 e. The first-order chi connectivity index (χ1) is 19.6. The van der Waals surface area contributed by atoms with Crippen molar-refractivity contribution in [1.29, 1.82) is 0 Å². The van der Waals surface area contributed by atoms with Crippen molar-refractivity contribution < 1.29 is 29.2 Å². The van der Waals surface area contributed by atoms with E-state index in [9.17, 15) is 34.4 Å². The molecule has 3 atom stereocenters. The third-order valence-electron chi connectivity index (χ3n) is 5.91. The van der Waals surface area contributed by atoms with Gasteiger partial charge in [0.2, 0.25) is 17.7 Å². The van der Waals surface area contributed by atoms with Gasteiger partial charge in [-0.25, -0.2) is 9.52 Å². The summed E-state index contributed by atoms with van der Waals surface area (Å²) in [6.07, 6.45) is -0.423. The second kappa shape index (κ2) is 15.1. The van der Waals surface area contributed by atoms with Crippen LogP contribution in [0.15, 0.2) is 89.8 Å². The van der Waals surface area contributed by atoms with Crippen LogP contribution in [0.3, 0.4) is 0 Å². The highest BCUT2D eigenvalue weighted by Crippen LogP contribution is 2.27. The lowest BCUT2D eigenvalue weighted by Gasteiger charge is -2.24. The number of nitrogens with zero attached hydrogens (tertiary/aromatic N) is 1. The van der Waals surface area contributed by atoms with Crippen molar-refractivity contribution >= 4 is 41.3 Å². The summed E-state index contributed by atoms with van der Waals surface area (Å²) in [6.45, 7) is 0. The zero-order valence-corrected chi connectivity index (χ0v) is 22.6. The first-order valence-electron chi connectivity index (χ1n) is 12.5. The van der Waals surface area contributed by atoms with Crippen LogP contribution < -0.4 is 21.1 Å². The van der Waals surface area contributed by atoms with Crippen LogP contribution in [-0.2, 0) is 32.0 Å². The van der Waals surface area contributed by atoms with E-state index in [1.807, 2.05) is 0 Å². The Balaban J connectivity index is 1.80. The van der Waals surface area contributed by atoms with Gasteiger partial charge in [0, 0.05) is 18.9 Å². The minimum absolute atomic E-state index is 0.0201. The molecule has 0 saturated carbocycles. The Morgan fingerprint density at radius 2 is 1.27 bits per heavy atom. The van der Waals surface area contributed by atoms with Crippen molar-refractivity contribution in [3.8, 4) is 0 Å². The maximum atomic E-state index is 13.4. The number of primary amides is 1. The van der Waals surface area contributed by atoms with E-state index >= 15 is 0 Å². The van der Waals surface area contributed by atoms with Gasteiger partial charge in [-0.05, 0) is 29.1 Å². The molecule has 41 heavy (non-hydrogen) atoms. The molecule has 3 aromatic carbocycles. The van der Waals surface area contributed by atoms with Gasteiger partial charge in [0.25, 0.3) is 5.69 Å². The number of nitro groups is 1. The second-order valence-corrected chi connectivity index (χ2v) is 9.89. The number of hydrogen-bond donors (Lipinski definition) is 5. The predicted octanol–water partition coefficient (Wildman–Crippen LogP) is 1.98. The highest BCUT2D eigenvalue weighted by molar-refractivity contribution is 7.97. The number of carboxylic acids is 1. The number of hydrogen-bond acceptors (Lipinski definition) is 8. The van der Waals surface area contributed by atoms with E-state index in [0.717, 1.165) is 11.9 Å². The van der Waals surface area contributed by atoms with Gasteiger partial charge in [-0.3, -0.25) is 24.5 Å². The first-order valence-corrected chi connectivity index (χ1v) is 13.3. The Bertz CT molecular complexity index is 1370. The largest absolute Gasteiger partial charge is 0.480 e. The van der Waals surface area contributed by atoms with Gasteiger partial charge in [0.1, 0.15) is 23.0 Å². The molecule has 0 spiro atoms. The highest BCUT2D eigenvalue weighted by Gasteiger charge is 2.30. The minimum atomic E-state index is -1.27. The number of nitrogens with two attached hydrogens (primary N) is 1. The number of carbonyl (C=O) groups is 4. The molecule has 0 aromatic heterocycles. The zero-order chi connectivity index (χ0) is 29.8. The summed E-state index contributed by atoms with van der Waals surface area (Å²) in [6, 6.07) is 19.6. The van der Waals surface area contributed by atoms with Crippen LogP contribution in [0.2, 0.25) is 0 Å². The molecule has 6 N–H and O–H groups in total. The van der Waals surface area contributed by atoms with Crippen molar-refractivity contribution in [3.63, 3.8) is 0 Å². The molecular formula is C28H29N5O7S. The number of carbonyl (C=O) groups excluding carboxylic acids is 3. The molecular weight excluding hydrogens is 550 g/mol. The number of nitrogens with one attached hydrogen (secondary N) is 3. The van der Waals surface area contributed by atoms with E-state index < -0.39 is 53.2 Å². The summed E-state index contributed by atoms with van der Waals surface area (Å²) in [5.74, 6) is -3.59. The average Bonchev–Trinajstić information content (AvgIpc) is 2.95. The normalized spacial score (nSPS) is 12.9. The fourth-order valence-electron chi connectivity index (χ4n) is 3.87. The minimum Gasteiger partial charge on any atom is -0.480 e. The van der Waals surface area contributed by atoms with Gasteiger partial charge in [0.15, 0.2) is 0 Å². The van der Waals surface area contributed by atoms with Crippen LogP contribution in [0.5, 0.6) is 0 Å². The zero-order valence-electron chi connectivity index (χ0n) is 21.8. The lowest BCUT2D eigenvalue weighted by atomic mass is 10.0. The van der Waals surface area contributed by atoms with Crippen LogP contribution >= 0.6 is 11.9 Å². The Kier molecular flexibility index (Phi) is 11.4. The predicted molar refractivity (Wildman–Crippen MR) is 151 cm³/mol. The summed E-state index contributed by atoms with van der Waals surface area (Å²) in [7, 11) is 0. The summed E-state index contributed by atoms with van der Waals surface area (Å²) < 4.78 is 2.74. The van der Waals surface area contributed by atoms with Crippen molar-refractivity contribution in [2.75, 3.05) is 0 Å². The van der Waals surface area contributed by atoms with E-state index in [1.165, 1.54) is 18.2 Å². The molecule has 0 fully saturated rings. The molecule has 0 aliphatic carbocycles. The number of nitro benzene ring substituents is 1. The fraction of sp³-hybridized carbons (Fsp3) is 0.214. The third kappa shape index (κ3) is 9.74. The van der Waals surface area contributed by atoms with Gasteiger partial charge in [0.05, 0.1) is 11.3 Å². The van der Waals surface area contributed by atoms with Crippen LogP contribution in [-0.4, -0.2) is 51.8 Å². The summed E-state index contributed by atoms with van der Waals surface area (Å²) in [5, 5.41) is 26.2. The van der Waals surface area contributed by atoms with E-state index in [1.54, 1.807) is 66.7 Å². The van der Waals surface area contributed by atoms with Crippen LogP contribution in [0.4, 0.5) is 5.69 Å². The van der Waals surface area contributed by atoms with Crippen LogP contribution in [0.25, 0.3) is 0 Å². The molecule has 0 aliphatic rings. The van der Waals surface area contributed by atoms with Crippen molar-refractivity contribution in [2.45, 2.75) is 42.3 Å².